The molecule has 0 heterocycles. The van der Waals surface area contributed by atoms with E-state index in [4.69, 9.17) is 0 Å². The molecule has 0 aliphatic rings. The third-order valence-electron chi connectivity index (χ3n) is 2.22. The first-order valence-electron chi connectivity index (χ1n) is 4.33. The van der Waals surface area contributed by atoms with Crippen molar-refractivity contribution in [3.8, 4) is 0 Å². The molecule has 11 heavy (non-hydrogen) atoms. The molecule has 0 aliphatic carbocycles. The molecule has 0 rings (SSSR count). The van der Waals surface area contributed by atoms with Gasteiger partial charge in [-0.25, -0.2) is 0 Å². The van der Waals surface area contributed by atoms with Crippen molar-refractivity contribution in [2.75, 3.05) is 0 Å². The summed E-state index contributed by atoms with van der Waals surface area (Å²) in [6.07, 6.45) is 2.00. The molecule has 0 saturated heterocycles. The van der Waals surface area contributed by atoms with E-state index in [-0.39, 0.29) is 5.54 Å². The van der Waals surface area contributed by atoms with E-state index in [1.54, 1.807) is 0 Å². The standard InChI is InChI=1S/C10H21N/c1-7-10(6,8(2)3)11-9(4)5/h7-9,11H,1H2,2-6H3. The molecule has 0 amide bonds. The minimum Gasteiger partial charge on any atom is -0.306 e. The Labute approximate surface area is 70.9 Å². The molecule has 1 heteroatoms. The largest absolute Gasteiger partial charge is 0.306 e. The first-order chi connectivity index (χ1) is 4.92. The Morgan fingerprint density at radius 3 is 1.82 bits per heavy atom. The Balaban J connectivity index is 4.22. The van der Waals surface area contributed by atoms with Gasteiger partial charge in [0.1, 0.15) is 0 Å². The normalized spacial score (nSPS) is 17.0. The van der Waals surface area contributed by atoms with Crippen molar-refractivity contribution in [3.05, 3.63) is 12.7 Å². The van der Waals surface area contributed by atoms with Gasteiger partial charge in [-0.2, -0.15) is 0 Å². The maximum Gasteiger partial charge on any atom is 0.0358 e. The summed E-state index contributed by atoms with van der Waals surface area (Å²) < 4.78 is 0. The van der Waals surface area contributed by atoms with Crippen LogP contribution in [0.3, 0.4) is 0 Å². The van der Waals surface area contributed by atoms with Crippen LogP contribution in [0, 0.1) is 5.92 Å². The molecule has 0 aromatic carbocycles. The molecule has 1 N–H and O–H groups in total. The number of hydrogen-bond acceptors (Lipinski definition) is 1. The minimum absolute atomic E-state index is 0.0775. The predicted molar refractivity (Wildman–Crippen MR) is 51.7 cm³/mol. The molecular weight excluding hydrogens is 134 g/mol. The minimum atomic E-state index is 0.0775. The second-order valence-corrected chi connectivity index (χ2v) is 3.94. The van der Waals surface area contributed by atoms with Gasteiger partial charge < -0.3 is 5.32 Å². The first kappa shape index (κ1) is 10.7. The molecule has 0 aliphatic heterocycles. The summed E-state index contributed by atoms with van der Waals surface area (Å²) in [4.78, 5) is 0. The Morgan fingerprint density at radius 2 is 1.73 bits per heavy atom. The van der Waals surface area contributed by atoms with E-state index >= 15 is 0 Å². The monoisotopic (exact) mass is 155 g/mol. The smallest absolute Gasteiger partial charge is 0.0358 e. The lowest BCUT2D eigenvalue weighted by atomic mass is 9.88. The Morgan fingerprint density at radius 1 is 1.27 bits per heavy atom. The van der Waals surface area contributed by atoms with Crippen LogP contribution in [-0.4, -0.2) is 11.6 Å². The van der Waals surface area contributed by atoms with Crippen molar-refractivity contribution in [2.24, 2.45) is 5.92 Å². The zero-order valence-electron chi connectivity index (χ0n) is 8.44. The van der Waals surface area contributed by atoms with Crippen LogP contribution in [-0.2, 0) is 0 Å². The highest BCUT2D eigenvalue weighted by Gasteiger charge is 2.24. The third-order valence-corrected chi connectivity index (χ3v) is 2.22. The van der Waals surface area contributed by atoms with Gasteiger partial charge in [-0.3, -0.25) is 0 Å². The van der Waals surface area contributed by atoms with Crippen LogP contribution in [0.5, 0.6) is 0 Å². The molecule has 1 unspecified atom stereocenters. The number of nitrogens with one attached hydrogen (secondary N) is 1. The molecule has 0 bridgehead atoms. The number of rotatable bonds is 4. The van der Waals surface area contributed by atoms with Gasteiger partial charge in [-0.15, -0.1) is 6.58 Å². The van der Waals surface area contributed by atoms with Crippen molar-refractivity contribution < 1.29 is 0 Å². The summed E-state index contributed by atoms with van der Waals surface area (Å²) in [5, 5.41) is 3.49. The van der Waals surface area contributed by atoms with Gasteiger partial charge in [0.05, 0.1) is 0 Å². The van der Waals surface area contributed by atoms with E-state index in [1.807, 2.05) is 6.08 Å². The maximum atomic E-state index is 3.84. The molecule has 0 aromatic heterocycles. The Kier molecular flexibility index (Phi) is 3.81. The molecule has 1 nitrogen and oxygen atoms in total. The van der Waals surface area contributed by atoms with Gasteiger partial charge in [0.15, 0.2) is 0 Å². The molecule has 0 saturated carbocycles. The quantitative estimate of drug-likeness (QED) is 0.615. The van der Waals surface area contributed by atoms with Crippen LogP contribution < -0.4 is 5.32 Å². The second kappa shape index (κ2) is 3.91. The zero-order valence-corrected chi connectivity index (χ0v) is 8.44. The molecule has 1 atom stereocenters. The fraction of sp³-hybridized carbons (Fsp3) is 0.800. The molecular formula is C10H21N. The first-order valence-corrected chi connectivity index (χ1v) is 4.33. The lowest BCUT2D eigenvalue weighted by molar-refractivity contribution is 0.305. The lowest BCUT2D eigenvalue weighted by Crippen LogP contribution is -2.48. The van der Waals surface area contributed by atoms with Crippen molar-refractivity contribution in [1.82, 2.24) is 5.32 Å². The lowest BCUT2D eigenvalue weighted by Gasteiger charge is -2.33. The van der Waals surface area contributed by atoms with Crippen LogP contribution in [0.25, 0.3) is 0 Å². The highest BCUT2D eigenvalue weighted by molar-refractivity contribution is 5.02. The van der Waals surface area contributed by atoms with Crippen molar-refractivity contribution >= 4 is 0 Å². The maximum absolute atomic E-state index is 3.84. The van der Waals surface area contributed by atoms with E-state index in [1.165, 1.54) is 0 Å². The van der Waals surface area contributed by atoms with Crippen molar-refractivity contribution in [2.45, 2.75) is 46.2 Å². The summed E-state index contributed by atoms with van der Waals surface area (Å²) in [5.74, 6) is 0.586. The van der Waals surface area contributed by atoms with Crippen LogP contribution in [0.4, 0.5) is 0 Å². The van der Waals surface area contributed by atoms with Crippen LogP contribution in [0.1, 0.15) is 34.6 Å². The topological polar surface area (TPSA) is 12.0 Å². The van der Waals surface area contributed by atoms with E-state index in [0.29, 0.717) is 12.0 Å². The van der Waals surface area contributed by atoms with E-state index in [9.17, 15) is 0 Å². The zero-order chi connectivity index (χ0) is 9.07. The highest BCUT2D eigenvalue weighted by Crippen LogP contribution is 2.17. The average molecular weight is 155 g/mol. The Hall–Kier alpha value is -0.300. The van der Waals surface area contributed by atoms with E-state index in [0.717, 1.165) is 0 Å². The van der Waals surface area contributed by atoms with Gasteiger partial charge >= 0.3 is 0 Å². The van der Waals surface area contributed by atoms with E-state index in [2.05, 4.69) is 46.5 Å². The fourth-order valence-electron chi connectivity index (χ4n) is 1.08. The second-order valence-electron chi connectivity index (χ2n) is 3.94. The van der Waals surface area contributed by atoms with Crippen molar-refractivity contribution in [3.63, 3.8) is 0 Å². The molecule has 0 aromatic rings. The van der Waals surface area contributed by atoms with Crippen LogP contribution in [0.15, 0.2) is 12.7 Å². The fourth-order valence-corrected chi connectivity index (χ4v) is 1.08. The summed E-state index contributed by atoms with van der Waals surface area (Å²) >= 11 is 0. The number of hydrogen-bond donors (Lipinski definition) is 1. The summed E-state index contributed by atoms with van der Waals surface area (Å²) in [5.41, 5.74) is 0.0775. The molecule has 0 fully saturated rings. The van der Waals surface area contributed by atoms with E-state index < -0.39 is 0 Å². The van der Waals surface area contributed by atoms with Crippen molar-refractivity contribution in [1.29, 1.82) is 0 Å². The van der Waals surface area contributed by atoms with Gasteiger partial charge in [-0.05, 0) is 12.8 Å². The molecule has 0 spiro atoms. The summed E-state index contributed by atoms with van der Waals surface area (Å²) in [6.45, 7) is 14.8. The predicted octanol–water partition coefficient (Wildman–Crippen LogP) is 2.59. The molecule has 0 radical (unpaired) electrons. The highest BCUT2D eigenvalue weighted by atomic mass is 15.0. The van der Waals surface area contributed by atoms with Crippen LogP contribution in [0.2, 0.25) is 0 Å². The van der Waals surface area contributed by atoms with Crippen LogP contribution >= 0.6 is 0 Å². The van der Waals surface area contributed by atoms with Gasteiger partial charge in [0, 0.05) is 11.6 Å². The summed E-state index contributed by atoms with van der Waals surface area (Å²) in [6, 6.07) is 0.514. The molecule has 66 valence electrons. The SMILES string of the molecule is C=CC(C)(NC(C)C)C(C)C. The van der Waals surface area contributed by atoms with Gasteiger partial charge in [-0.1, -0.05) is 33.8 Å². The van der Waals surface area contributed by atoms with Gasteiger partial charge in [0.25, 0.3) is 0 Å². The average Bonchev–Trinajstić information content (AvgIpc) is 1.86. The third kappa shape index (κ3) is 3.06. The summed E-state index contributed by atoms with van der Waals surface area (Å²) in [7, 11) is 0. The Bertz CT molecular complexity index is 127. The van der Waals surface area contributed by atoms with Gasteiger partial charge in [0.2, 0.25) is 0 Å².